The molecule has 2 aliphatic heterocycles. The summed E-state index contributed by atoms with van der Waals surface area (Å²) in [6, 6.07) is 10.2. The van der Waals surface area contributed by atoms with Crippen LogP contribution in [0.15, 0.2) is 64.5 Å². The van der Waals surface area contributed by atoms with Crippen LogP contribution in [0.3, 0.4) is 0 Å². The van der Waals surface area contributed by atoms with Gasteiger partial charge in [0.2, 0.25) is 5.17 Å². The number of aryl methyl sites for hydroxylation is 2. The smallest absolute Gasteiger partial charge is 0.283 e. The predicted molar refractivity (Wildman–Crippen MR) is 135 cm³/mol. The van der Waals surface area contributed by atoms with E-state index in [0.717, 1.165) is 22.5 Å². The molecule has 1 amide bonds. The van der Waals surface area contributed by atoms with Crippen LogP contribution in [0.5, 0.6) is 0 Å². The monoisotopic (exact) mass is 485 g/mol. The van der Waals surface area contributed by atoms with Crippen molar-refractivity contribution in [3.63, 3.8) is 0 Å². The Kier molecular flexibility index (Phi) is 5.40. The molecule has 0 saturated heterocycles. The minimum Gasteiger partial charge on any atom is -0.317 e. The Bertz CT molecular complexity index is 1520. The standard InChI is InChI=1S/C24H19N7O3S/c1-13-6-7-18(31(33)34)11-20(13)29-14(2)9-17(15(29)3)10-19-21(25)30-24(27-22(19)32)35-23(28-30)16-5-4-8-26-12-16/h4-12,25H,1-3H3/b19-10-,25-21?. The number of non-ortho nitro benzene ring substituents is 1. The lowest BCUT2D eigenvalue weighted by Crippen LogP contribution is -2.35. The van der Waals surface area contributed by atoms with Crippen LogP contribution >= 0.6 is 11.8 Å². The van der Waals surface area contributed by atoms with Crippen LogP contribution in [0.4, 0.5) is 5.69 Å². The summed E-state index contributed by atoms with van der Waals surface area (Å²) in [5.74, 6) is -0.588. The zero-order valence-electron chi connectivity index (χ0n) is 19.0. The van der Waals surface area contributed by atoms with Crippen molar-refractivity contribution in [2.45, 2.75) is 20.8 Å². The van der Waals surface area contributed by atoms with Gasteiger partial charge in [-0.15, -0.1) is 0 Å². The molecule has 2 aliphatic rings. The van der Waals surface area contributed by atoms with E-state index in [1.165, 1.54) is 28.9 Å². The summed E-state index contributed by atoms with van der Waals surface area (Å²) in [7, 11) is 0. The van der Waals surface area contributed by atoms with Gasteiger partial charge in [-0.25, -0.2) is 0 Å². The number of nitro benzene ring substituents is 1. The third kappa shape index (κ3) is 3.85. The number of pyridine rings is 1. The molecular weight excluding hydrogens is 466 g/mol. The first-order chi connectivity index (χ1) is 16.7. The van der Waals surface area contributed by atoms with Gasteiger partial charge in [0.1, 0.15) is 5.04 Å². The quantitative estimate of drug-likeness (QED) is 0.332. The highest BCUT2D eigenvalue weighted by Crippen LogP contribution is 2.32. The number of nitrogens with one attached hydrogen (secondary N) is 1. The van der Waals surface area contributed by atoms with E-state index in [9.17, 15) is 14.9 Å². The van der Waals surface area contributed by atoms with Crippen molar-refractivity contribution in [1.29, 1.82) is 5.41 Å². The summed E-state index contributed by atoms with van der Waals surface area (Å²) in [5, 5.41) is 26.7. The van der Waals surface area contributed by atoms with Crippen LogP contribution in [-0.2, 0) is 4.79 Å². The number of carbonyl (C=O) groups excluding carboxylic acids is 1. The third-order valence-corrected chi connectivity index (χ3v) is 6.74. The maximum atomic E-state index is 12.9. The van der Waals surface area contributed by atoms with Gasteiger partial charge >= 0.3 is 0 Å². The molecule has 0 aliphatic carbocycles. The molecule has 3 aromatic rings. The summed E-state index contributed by atoms with van der Waals surface area (Å²) >= 11 is 1.21. The van der Waals surface area contributed by atoms with Crippen LogP contribution in [-0.4, -0.2) is 41.4 Å². The molecule has 0 unspecified atom stereocenters. The fourth-order valence-electron chi connectivity index (χ4n) is 4.01. The first-order valence-corrected chi connectivity index (χ1v) is 11.4. The molecule has 5 rings (SSSR count). The maximum Gasteiger partial charge on any atom is 0.283 e. The Morgan fingerprint density at radius 1 is 1.17 bits per heavy atom. The van der Waals surface area contributed by atoms with Crippen molar-refractivity contribution in [2.75, 3.05) is 0 Å². The van der Waals surface area contributed by atoms with Gasteiger partial charge in [0.05, 0.1) is 16.2 Å². The molecule has 0 spiro atoms. The second kappa shape index (κ2) is 8.44. The van der Waals surface area contributed by atoms with Gasteiger partial charge in [-0.3, -0.25) is 25.3 Å². The Morgan fingerprint density at radius 3 is 2.69 bits per heavy atom. The van der Waals surface area contributed by atoms with E-state index in [1.807, 2.05) is 37.5 Å². The average Bonchev–Trinajstić information content (AvgIpc) is 3.38. The van der Waals surface area contributed by atoms with Gasteiger partial charge in [-0.2, -0.15) is 15.1 Å². The summed E-state index contributed by atoms with van der Waals surface area (Å²) in [5.41, 5.74) is 4.78. The number of thioether (sulfide) groups is 1. The molecule has 11 heteroatoms. The summed E-state index contributed by atoms with van der Waals surface area (Å²) in [4.78, 5) is 32.0. The lowest BCUT2D eigenvalue weighted by atomic mass is 10.1. The molecule has 4 heterocycles. The second-order valence-electron chi connectivity index (χ2n) is 8.06. The molecule has 2 aromatic heterocycles. The number of rotatable bonds is 4. The zero-order chi connectivity index (χ0) is 24.9. The van der Waals surface area contributed by atoms with Gasteiger partial charge in [0.15, 0.2) is 5.84 Å². The van der Waals surface area contributed by atoms with Gasteiger partial charge in [-0.05, 0) is 67.9 Å². The molecular formula is C24H19N7O3S. The highest BCUT2D eigenvalue weighted by molar-refractivity contribution is 8.27. The molecule has 0 radical (unpaired) electrons. The van der Waals surface area contributed by atoms with E-state index < -0.39 is 10.8 Å². The van der Waals surface area contributed by atoms with Gasteiger partial charge in [-0.1, -0.05) is 6.07 Å². The largest absolute Gasteiger partial charge is 0.317 e. The van der Waals surface area contributed by atoms with Crippen molar-refractivity contribution < 1.29 is 9.72 Å². The number of hydrazone groups is 1. The molecule has 0 atom stereocenters. The van der Waals surface area contributed by atoms with Crippen molar-refractivity contribution in [3.8, 4) is 5.69 Å². The number of hydrogen-bond acceptors (Lipinski definition) is 7. The summed E-state index contributed by atoms with van der Waals surface area (Å²) < 4.78 is 1.91. The number of hydrogen-bond donors (Lipinski definition) is 1. The summed E-state index contributed by atoms with van der Waals surface area (Å²) in [6.45, 7) is 5.64. The lowest BCUT2D eigenvalue weighted by molar-refractivity contribution is -0.384. The first kappa shape index (κ1) is 22.4. The van der Waals surface area contributed by atoms with Gasteiger partial charge in [0.25, 0.3) is 11.6 Å². The third-order valence-electron chi connectivity index (χ3n) is 5.78. The van der Waals surface area contributed by atoms with E-state index >= 15 is 0 Å². The molecule has 1 aromatic carbocycles. The molecule has 0 fully saturated rings. The van der Waals surface area contributed by atoms with Crippen molar-refractivity contribution in [2.24, 2.45) is 10.1 Å². The maximum absolute atomic E-state index is 12.9. The Labute approximate surface area is 204 Å². The van der Waals surface area contributed by atoms with E-state index in [0.29, 0.717) is 21.5 Å². The second-order valence-corrected chi connectivity index (χ2v) is 9.01. The normalized spacial score (nSPS) is 16.4. The fourth-order valence-corrected chi connectivity index (χ4v) is 4.89. The minimum atomic E-state index is -0.521. The van der Waals surface area contributed by atoms with E-state index in [2.05, 4.69) is 15.1 Å². The van der Waals surface area contributed by atoms with Crippen molar-refractivity contribution >= 4 is 45.5 Å². The SMILES string of the molecule is Cc1ccc([N+](=O)[O-])cc1-n1c(C)cc(/C=C2/C(=N)N3N=C(c4cccnc4)SC3=NC2=O)c1C. The van der Waals surface area contributed by atoms with E-state index in [1.54, 1.807) is 30.6 Å². The Balaban J connectivity index is 1.54. The van der Waals surface area contributed by atoms with Crippen LogP contribution in [0, 0.1) is 36.3 Å². The predicted octanol–water partition coefficient (Wildman–Crippen LogP) is 4.37. The number of aliphatic imine (C=N–C) groups is 1. The number of aromatic nitrogens is 2. The number of nitro groups is 1. The lowest BCUT2D eigenvalue weighted by Gasteiger charge is -2.20. The van der Waals surface area contributed by atoms with Crippen molar-refractivity contribution in [1.82, 2.24) is 14.6 Å². The number of fused-ring (bicyclic) bond motifs is 1. The van der Waals surface area contributed by atoms with Gasteiger partial charge < -0.3 is 4.57 Å². The van der Waals surface area contributed by atoms with Crippen LogP contribution in [0.1, 0.15) is 28.1 Å². The minimum absolute atomic E-state index is 0.00192. The number of amides is 1. The fraction of sp³-hybridized carbons (Fsp3) is 0.125. The molecule has 35 heavy (non-hydrogen) atoms. The van der Waals surface area contributed by atoms with E-state index in [-0.39, 0.29) is 17.1 Å². The molecule has 1 N–H and O–H groups in total. The summed E-state index contributed by atoms with van der Waals surface area (Å²) in [6.07, 6.45) is 4.95. The highest BCUT2D eigenvalue weighted by atomic mass is 32.2. The average molecular weight is 486 g/mol. The molecule has 174 valence electrons. The number of carbonyl (C=O) groups is 1. The Hall–Kier alpha value is -4.38. The van der Waals surface area contributed by atoms with Crippen LogP contribution in [0.2, 0.25) is 0 Å². The van der Waals surface area contributed by atoms with E-state index in [4.69, 9.17) is 5.41 Å². The van der Waals surface area contributed by atoms with Crippen LogP contribution < -0.4 is 0 Å². The Morgan fingerprint density at radius 2 is 1.97 bits per heavy atom. The molecule has 10 nitrogen and oxygen atoms in total. The first-order valence-electron chi connectivity index (χ1n) is 10.6. The molecule has 0 bridgehead atoms. The number of benzene rings is 1. The van der Waals surface area contributed by atoms with Crippen LogP contribution in [0.25, 0.3) is 11.8 Å². The zero-order valence-corrected chi connectivity index (χ0v) is 19.8. The van der Waals surface area contributed by atoms with Gasteiger partial charge in [0, 0.05) is 41.5 Å². The molecule has 0 saturated carbocycles. The highest BCUT2D eigenvalue weighted by Gasteiger charge is 2.36. The number of amidine groups is 2. The van der Waals surface area contributed by atoms with Crippen molar-refractivity contribution in [3.05, 3.63) is 92.6 Å². The number of nitrogens with zero attached hydrogens (tertiary/aromatic N) is 6. The topological polar surface area (TPSA) is 130 Å².